The number of hydrogen-bond acceptors (Lipinski definition) is 4. The van der Waals surface area contributed by atoms with Crippen LogP contribution in [0.1, 0.15) is 32.6 Å². The van der Waals surface area contributed by atoms with Crippen molar-refractivity contribution in [2.45, 2.75) is 33.6 Å². The number of oxazole rings is 1. The van der Waals surface area contributed by atoms with Gasteiger partial charge in [-0.15, -0.1) is 0 Å². The van der Waals surface area contributed by atoms with Crippen molar-refractivity contribution in [3.05, 3.63) is 36.4 Å². The maximum Gasteiger partial charge on any atom is 0.191 e. The molecule has 0 aliphatic rings. The molecule has 0 unspecified atom stereocenters. The highest BCUT2D eigenvalue weighted by molar-refractivity contribution is 5.61. The number of nitrogens with one attached hydrogen (secondary N) is 1. The Hall–Kier alpha value is -2.28. The van der Waals surface area contributed by atoms with E-state index in [2.05, 4.69) is 30.2 Å². The normalized spacial score (nSPS) is 11.1. The van der Waals surface area contributed by atoms with Gasteiger partial charge in [0.05, 0.1) is 6.07 Å². The SMILES string of the molecule is Cc1nc(-c2ccc(NCC(C)(C)CCC#N)cc2)co1. The minimum Gasteiger partial charge on any atom is -0.449 e. The molecule has 0 aliphatic carbocycles. The van der Waals surface area contributed by atoms with Crippen molar-refractivity contribution in [2.24, 2.45) is 5.41 Å². The minimum atomic E-state index is 0.109. The van der Waals surface area contributed by atoms with Gasteiger partial charge >= 0.3 is 0 Å². The van der Waals surface area contributed by atoms with Crippen molar-refractivity contribution in [1.82, 2.24) is 4.98 Å². The van der Waals surface area contributed by atoms with E-state index in [0.29, 0.717) is 12.3 Å². The number of benzene rings is 1. The molecule has 0 atom stereocenters. The van der Waals surface area contributed by atoms with E-state index in [1.807, 2.05) is 31.2 Å². The van der Waals surface area contributed by atoms with Crippen LogP contribution in [0, 0.1) is 23.7 Å². The number of nitriles is 1. The lowest BCUT2D eigenvalue weighted by atomic mass is 9.88. The summed E-state index contributed by atoms with van der Waals surface area (Å²) >= 11 is 0. The topological polar surface area (TPSA) is 61.9 Å². The van der Waals surface area contributed by atoms with Gasteiger partial charge in [0, 0.05) is 31.1 Å². The molecular weight excluding hydrogens is 262 g/mol. The highest BCUT2D eigenvalue weighted by atomic mass is 16.3. The summed E-state index contributed by atoms with van der Waals surface area (Å²) in [5.74, 6) is 0.673. The largest absolute Gasteiger partial charge is 0.449 e. The second kappa shape index (κ2) is 6.45. The van der Waals surface area contributed by atoms with Crippen LogP contribution in [0.4, 0.5) is 5.69 Å². The fraction of sp³-hybridized carbons (Fsp3) is 0.412. The predicted molar refractivity (Wildman–Crippen MR) is 83.8 cm³/mol. The van der Waals surface area contributed by atoms with Crippen molar-refractivity contribution in [3.63, 3.8) is 0 Å². The lowest BCUT2D eigenvalue weighted by Crippen LogP contribution is -2.22. The van der Waals surface area contributed by atoms with Gasteiger partial charge in [-0.05, 0) is 24.0 Å². The smallest absolute Gasteiger partial charge is 0.191 e. The van der Waals surface area contributed by atoms with E-state index in [1.54, 1.807) is 6.26 Å². The molecule has 110 valence electrons. The standard InChI is InChI=1S/C17H21N3O/c1-13-20-16(11-21-13)14-5-7-15(8-6-14)19-12-17(2,3)9-4-10-18/h5-8,11,19H,4,9,12H2,1-3H3. The number of hydrogen-bond donors (Lipinski definition) is 1. The van der Waals surface area contributed by atoms with Crippen LogP contribution < -0.4 is 5.32 Å². The molecular formula is C17H21N3O. The zero-order valence-corrected chi connectivity index (χ0v) is 12.8. The second-order valence-electron chi connectivity index (χ2n) is 6.00. The van der Waals surface area contributed by atoms with E-state index in [0.717, 1.165) is 29.9 Å². The average Bonchev–Trinajstić information content (AvgIpc) is 2.90. The number of anilines is 1. The number of aryl methyl sites for hydroxylation is 1. The molecule has 1 aromatic heterocycles. The van der Waals surface area contributed by atoms with Crippen LogP contribution in [0.2, 0.25) is 0 Å². The molecule has 1 aromatic carbocycles. The molecule has 1 heterocycles. The summed E-state index contributed by atoms with van der Waals surface area (Å²) < 4.78 is 5.23. The average molecular weight is 283 g/mol. The van der Waals surface area contributed by atoms with Crippen LogP contribution in [-0.2, 0) is 0 Å². The number of aromatic nitrogens is 1. The molecule has 0 amide bonds. The summed E-state index contributed by atoms with van der Waals surface area (Å²) in [6.45, 7) is 7.02. The van der Waals surface area contributed by atoms with Gasteiger partial charge in [-0.3, -0.25) is 0 Å². The van der Waals surface area contributed by atoms with Gasteiger partial charge in [0.1, 0.15) is 12.0 Å². The van der Waals surface area contributed by atoms with Crippen LogP contribution in [-0.4, -0.2) is 11.5 Å². The Bertz CT molecular complexity index is 620. The van der Waals surface area contributed by atoms with Gasteiger partial charge < -0.3 is 9.73 Å². The maximum atomic E-state index is 8.67. The van der Waals surface area contributed by atoms with Gasteiger partial charge in [0.15, 0.2) is 5.89 Å². The third-order valence-electron chi connectivity index (χ3n) is 3.48. The van der Waals surface area contributed by atoms with Crippen molar-refractivity contribution in [3.8, 4) is 17.3 Å². The second-order valence-corrected chi connectivity index (χ2v) is 6.00. The highest BCUT2D eigenvalue weighted by Crippen LogP contribution is 2.24. The molecule has 0 radical (unpaired) electrons. The zero-order valence-electron chi connectivity index (χ0n) is 12.8. The minimum absolute atomic E-state index is 0.109. The van der Waals surface area contributed by atoms with Crippen LogP contribution in [0.5, 0.6) is 0 Å². The van der Waals surface area contributed by atoms with Crippen LogP contribution in [0.3, 0.4) is 0 Å². The third kappa shape index (κ3) is 4.35. The van der Waals surface area contributed by atoms with E-state index in [1.165, 1.54) is 0 Å². The molecule has 0 bridgehead atoms. The van der Waals surface area contributed by atoms with Gasteiger partial charge in [-0.25, -0.2) is 4.98 Å². The summed E-state index contributed by atoms with van der Waals surface area (Å²) in [6, 6.07) is 10.3. The Kier molecular flexibility index (Phi) is 4.64. The van der Waals surface area contributed by atoms with E-state index < -0.39 is 0 Å². The summed E-state index contributed by atoms with van der Waals surface area (Å²) in [7, 11) is 0. The van der Waals surface area contributed by atoms with Crippen LogP contribution in [0.25, 0.3) is 11.3 Å². The lowest BCUT2D eigenvalue weighted by molar-refractivity contribution is 0.364. The highest BCUT2D eigenvalue weighted by Gasteiger charge is 2.16. The van der Waals surface area contributed by atoms with E-state index >= 15 is 0 Å². The van der Waals surface area contributed by atoms with Gasteiger partial charge in [-0.2, -0.15) is 5.26 Å². The molecule has 21 heavy (non-hydrogen) atoms. The van der Waals surface area contributed by atoms with Gasteiger partial charge in [0.2, 0.25) is 0 Å². The van der Waals surface area contributed by atoms with E-state index in [-0.39, 0.29) is 5.41 Å². The van der Waals surface area contributed by atoms with Gasteiger partial charge in [0.25, 0.3) is 0 Å². The molecule has 2 rings (SSSR count). The molecule has 2 aromatic rings. The Morgan fingerprint density at radius 2 is 2.00 bits per heavy atom. The van der Waals surface area contributed by atoms with Crippen molar-refractivity contribution in [1.29, 1.82) is 5.26 Å². The Morgan fingerprint density at radius 1 is 1.29 bits per heavy atom. The monoisotopic (exact) mass is 283 g/mol. The molecule has 0 spiro atoms. The summed E-state index contributed by atoms with van der Waals surface area (Å²) in [4.78, 5) is 4.31. The van der Waals surface area contributed by atoms with Crippen molar-refractivity contribution < 1.29 is 4.42 Å². The number of rotatable bonds is 6. The first-order chi connectivity index (χ1) is 10.00. The lowest BCUT2D eigenvalue weighted by Gasteiger charge is -2.24. The molecule has 0 fully saturated rings. The van der Waals surface area contributed by atoms with Crippen molar-refractivity contribution >= 4 is 5.69 Å². The van der Waals surface area contributed by atoms with Crippen molar-refractivity contribution in [2.75, 3.05) is 11.9 Å². The van der Waals surface area contributed by atoms with E-state index in [9.17, 15) is 0 Å². The first-order valence-electron chi connectivity index (χ1n) is 7.13. The van der Waals surface area contributed by atoms with Crippen LogP contribution in [0.15, 0.2) is 34.9 Å². The third-order valence-corrected chi connectivity index (χ3v) is 3.48. The Morgan fingerprint density at radius 3 is 2.57 bits per heavy atom. The predicted octanol–water partition coefficient (Wildman–Crippen LogP) is 4.39. The molecule has 0 aliphatic heterocycles. The summed E-state index contributed by atoms with van der Waals surface area (Å²) in [5, 5.41) is 12.1. The van der Waals surface area contributed by atoms with Crippen LogP contribution >= 0.6 is 0 Å². The molecule has 4 heteroatoms. The maximum absolute atomic E-state index is 8.67. The Labute approximate surface area is 125 Å². The molecule has 1 N–H and O–H groups in total. The zero-order chi connectivity index (χ0) is 15.3. The number of nitrogens with zero attached hydrogens (tertiary/aromatic N) is 2. The molecule has 0 saturated carbocycles. The summed E-state index contributed by atoms with van der Waals surface area (Å²) in [5.41, 5.74) is 3.08. The molecule has 0 saturated heterocycles. The quantitative estimate of drug-likeness (QED) is 0.854. The molecule has 4 nitrogen and oxygen atoms in total. The summed E-state index contributed by atoms with van der Waals surface area (Å²) in [6.07, 6.45) is 3.16. The first kappa shape index (κ1) is 15.1. The Balaban J connectivity index is 1.95. The van der Waals surface area contributed by atoms with Gasteiger partial charge in [-0.1, -0.05) is 26.0 Å². The van der Waals surface area contributed by atoms with E-state index in [4.69, 9.17) is 9.68 Å². The fourth-order valence-electron chi connectivity index (χ4n) is 2.08. The first-order valence-corrected chi connectivity index (χ1v) is 7.13. The fourth-order valence-corrected chi connectivity index (χ4v) is 2.08.